The highest BCUT2D eigenvalue weighted by Crippen LogP contribution is 2.34. The highest BCUT2D eigenvalue weighted by molar-refractivity contribution is 5.81. The number of aliphatic hydroxyl groups is 2. The molecule has 0 saturated carbocycles. The molecule has 4 atom stereocenters. The number of fused-ring (bicyclic) bond motifs is 2. The first-order chi connectivity index (χ1) is 38.0. The Hall–Kier alpha value is -9.14. The Labute approximate surface area is 461 Å². The van der Waals surface area contributed by atoms with Crippen LogP contribution in [0.3, 0.4) is 0 Å². The SMILES string of the molecule is CC(C)Nc1cc(-n2ncc3cc(C#N)cnc32)ncc1-c1cn([C@@H]2CCN(C(=O)OC(C)(C)C)C[C@H]2O)nn1.CC(C)Nc1cc(-n2ncc3cc(C#N)cnc32)ncc1-c1cn([C@@H]2CCN(C(=O)OC(C)(C)C)C[C@H]2O)nn1. The number of β-amino-alcohol motifs (C(OH)–C–C–N with tert-alkyl or cyclic N) is 2. The zero-order chi connectivity index (χ0) is 57.2. The van der Waals surface area contributed by atoms with Gasteiger partial charge >= 0.3 is 12.2 Å². The number of pyridine rings is 4. The van der Waals surface area contributed by atoms with E-state index < -0.39 is 35.6 Å². The largest absolute Gasteiger partial charge is 0.444 e. The molecule has 10 heterocycles. The highest BCUT2D eigenvalue weighted by Gasteiger charge is 2.36. The number of hydrogen-bond acceptors (Lipinski definition) is 20. The van der Waals surface area contributed by atoms with Crippen LogP contribution in [0.25, 0.3) is 56.2 Å². The van der Waals surface area contributed by atoms with Crippen LogP contribution in [0.1, 0.15) is 105 Å². The van der Waals surface area contributed by atoms with Crippen molar-refractivity contribution in [1.29, 1.82) is 10.5 Å². The van der Waals surface area contributed by atoms with Crippen LogP contribution in [0.15, 0.2) is 73.8 Å². The van der Waals surface area contributed by atoms with Gasteiger partial charge in [-0.25, -0.2) is 38.9 Å². The summed E-state index contributed by atoms with van der Waals surface area (Å²) in [7, 11) is 0. The Kier molecular flexibility index (Phi) is 15.8. The second kappa shape index (κ2) is 22.7. The summed E-state index contributed by atoms with van der Waals surface area (Å²) in [6, 6.07) is 10.9. The molecule has 2 aliphatic rings. The van der Waals surface area contributed by atoms with Crippen LogP contribution in [0.2, 0.25) is 0 Å². The molecule has 0 aromatic carbocycles. The van der Waals surface area contributed by atoms with Crippen LogP contribution < -0.4 is 10.6 Å². The Balaban J connectivity index is 0.000000194. The summed E-state index contributed by atoms with van der Waals surface area (Å²) >= 11 is 0. The van der Waals surface area contributed by atoms with Crippen LogP contribution in [0.4, 0.5) is 21.0 Å². The van der Waals surface area contributed by atoms with Crippen molar-refractivity contribution < 1.29 is 29.3 Å². The number of hydrogen-bond donors (Lipinski definition) is 4. The lowest BCUT2D eigenvalue weighted by molar-refractivity contribution is -0.0123. The van der Waals surface area contributed by atoms with Crippen LogP contribution in [-0.2, 0) is 9.47 Å². The van der Waals surface area contributed by atoms with Gasteiger partial charge < -0.3 is 40.1 Å². The quantitative estimate of drug-likeness (QED) is 0.112. The third-order valence-electron chi connectivity index (χ3n) is 12.8. The van der Waals surface area contributed by atoms with E-state index in [2.05, 4.69) is 73.5 Å². The molecule has 0 spiro atoms. The number of nitrogens with zero attached hydrogens (tertiary/aromatic N) is 18. The van der Waals surface area contributed by atoms with Crippen LogP contribution in [0.5, 0.6) is 0 Å². The summed E-state index contributed by atoms with van der Waals surface area (Å²) in [5.41, 5.74) is 5.11. The molecule has 416 valence electrons. The molecular formula is C54H64N20O6. The highest BCUT2D eigenvalue weighted by atomic mass is 16.6. The van der Waals surface area contributed by atoms with Crippen molar-refractivity contribution in [2.45, 2.75) is 130 Å². The predicted octanol–water partition coefficient (Wildman–Crippen LogP) is 6.62. The van der Waals surface area contributed by atoms with E-state index in [9.17, 15) is 19.8 Å². The second-order valence-corrected chi connectivity index (χ2v) is 22.3. The van der Waals surface area contributed by atoms with Crippen molar-refractivity contribution in [3.05, 3.63) is 85.0 Å². The van der Waals surface area contributed by atoms with Gasteiger partial charge in [-0.15, -0.1) is 10.2 Å². The van der Waals surface area contributed by atoms with E-state index >= 15 is 0 Å². The summed E-state index contributed by atoms with van der Waals surface area (Å²) in [6.45, 7) is 20.2. The molecule has 0 aliphatic carbocycles. The van der Waals surface area contributed by atoms with Crippen molar-refractivity contribution in [3.8, 4) is 46.3 Å². The van der Waals surface area contributed by atoms with Gasteiger partial charge in [0.15, 0.2) is 22.9 Å². The van der Waals surface area contributed by atoms with E-state index in [-0.39, 0.29) is 37.3 Å². The van der Waals surface area contributed by atoms with Crippen molar-refractivity contribution in [2.24, 2.45) is 0 Å². The maximum Gasteiger partial charge on any atom is 0.410 e. The first-order valence-corrected chi connectivity index (χ1v) is 26.2. The minimum Gasteiger partial charge on any atom is -0.444 e. The molecule has 2 fully saturated rings. The second-order valence-electron chi connectivity index (χ2n) is 22.3. The van der Waals surface area contributed by atoms with Gasteiger partial charge in [-0.05, 0) is 94.2 Å². The van der Waals surface area contributed by atoms with Gasteiger partial charge in [-0.2, -0.15) is 30.1 Å². The van der Waals surface area contributed by atoms with E-state index in [0.29, 0.717) is 71.4 Å². The van der Waals surface area contributed by atoms with Gasteiger partial charge in [-0.1, -0.05) is 10.4 Å². The lowest BCUT2D eigenvalue weighted by atomic mass is 10.0. The zero-order valence-electron chi connectivity index (χ0n) is 46.2. The molecule has 0 unspecified atom stereocenters. The summed E-state index contributed by atoms with van der Waals surface area (Å²) in [5.74, 6) is 1.10. The number of amides is 2. The van der Waals surface area contributed by atoms with Crippen molar-refractivity contribution >= 4 is 45.6 Å². The first kappa shape index (κ1) is 55.6. The molecule has 0 bridgehead atoms. The predicted molar refractivity (Wildman–Crippen MR) is 293 cm³/mol. The molecule has 2 aliphatic heterocycles. The number of piperidine rings is 2. The molecule has 8 aromatic rings. The molecule has 0 radical (unpaired) electrons. The summed E-state index contributed by atoms with van der Waals surface area (Å²) in [5, 5.41) is 74.7. The van der Waals surface area contributed by atoms with Crippen molar-refractivity contribution in [3.63, 3.8) is 0 Å². The van der Waals surface area contributed by atoms with Crippen LogP contribution >= 0.6 is 0 Å². The van der Waals surface area contributed by atoms with Gasteiger partial charge in [0, 0.05) is 95.4 Å². The molecule has 26 heteroatoms. The number of ether oxygens (including phenoxy) is 2. The lowest BCUT2D eigenvalue weighted by Crippen LogP contribution is -2.48. The molecule has 10 rings (SSSR count). The monoisotopic (exact) mass is 1090 g/mol. The minimum absolute atomic E-state index is 0.119. The first-order valence-electron chi connectivity index (χ1n) is 26.2. The maximum atomic E-state index is 12.5. The molecule has 2 saturated heterocycles. The number of aliphatic hydroxyl groups excluding tert-OH is 2. The molecule has 26 nitrogen and oxygen atoms in total. The summed E-state index contributed by atoms with van der Waals surface area (Å²) < 4.78 is 17.4. The Morgan fingerprint density at radius 3 is 1.36 bits per heavy atom. The van der Waals surface area contributed by atoms with Gasteiger partial charge in [0.05, 0.1) is 73.3 Å². The molecule has 4 N–H and O–H groups in total. The Morgan fingerprint density at radius 1 is 0.613 bits per heavy atom. The fourth-order valence-electron chi connectivity index (χ4n) is 9.25. The normalized spacial score (nSPS) is 17.7. The lowest BCUT2D eigenvalue weighted by Gasteiger charge is -2.36. The summed E-state index contributed by atoms with van der Waals surface area (Å²) in [6.07, 6.45) is 11.8. The van der Waals surface area contributed by atoms with E-state index in [0.717, 1.165) is 33.3 Å². The number of likely N-dealkylation sites (tertiary alicyclic amines) is 2. The number of anilines is 2. The Morgan fingerprint density at radius 2 is 1.01 bits per heavy atom. The van der Waals surface area contributed by atoms with Crippen molar-refractivity contribution in [1.82, 2.24) is 79.3 Å². The molecular weight excluding hydrogens is 1020 g/mol. The van der Waals surface area contributed by atoms with Gasteiger partial charge in [0.1, 0.15) is 34.7 Å². The third-order valence-corrected chi connectivity index (χ3v) is 12.8. The van der Waals surface area contributed by atoms with E-state index in [1.54, 1.807) is 68.0 Å². The average molecular weight is 1090 g/mol. The number of carbonyl (C=O) groups excluding carboxylic acids is 2. The van der Waals surface area contributed by atoms with E-state index in [1.165, 1.54) is 22.2 Å². The molecule has 8 aromatic heterocycles. The fourth-order valence-corrected chi connectivity index (χ4v) is 9.25. The number of nitriles is 2. The zero-order valence-corrected chi connectivity index (χ0v) is 46.2. The topological polar surface area (TPSA) is 320 Å². The van der Waals surface area contributed by atoms with Gasteiger partial charge in [-0.3, -0.25) is 0 Å². The Bertz CT molecular complexity index is 3390. The summed E-state index contributed by atoms with van der Waals surface area (Å²) in [4.78, 5) is 46.0. The van der Waals surface area contributed by atoms with Crippen molar-refractivity contribution in [2.75, 3.05) is 36.8 Å². The van der Waals surface area contributed by atoms with E-state index in [1.807, 2.05) is 81.4 Å². The number of aromatic nitrogens is 14. The van der Waals surface area contributed by atoms with Gasteiger partial charge in [0.2, 0.25) is 0 Å². The van der Waals surface area contributed by atoms with E-state index in [4.69, 9.17) is 20.0 Å². The van der Waals surface area contributed by atoms with Crippen LogP contribution in [0, 0.1) is 22.7 Å². The van der Waals surface area contributed by atoms with Crippen LogP contribution in [-0.4, -0.2) is 163 Å². The maximum absolute atomic E-state index is 12.5. The molecule has 80 heavy (non-hydrogen) atoms. The van der Waals surface area contributed by atoms with Gasteiger partial charge in [0.25, 0.3) is 0 Å². The minimum atomic E-state index is -0.827. The third kappa shape index (κ3) is 12.6. The standard InChI is InChI=1S/2C27H32N10O3/c2*1-16(2)32-20-9-24(37-25-18(12-31-37)8-17(10-28)11-30-25)29-13-19(20)21-14-36(34-33-21)22-6-7-35(15-23(22)38)26(39)40-27(3,4)5/h2*8-9,11-14,16,22-23,38H,6-7,15H2,1-5H3,(H,29,32)/t2*22-,23-/m11/s1. The average Bonchev–Trinajstić information content (AvgIpc) is 4.26. The number of carbonyl (C=O) groups is 2. The smallest absolute Gasteiger partial charge is 0.410 e. The molecule has 2 amide bonds. The number of nitrogens with one attached hydrogen (secondary N) is 2. The number of rotatable bonds is 10. The fraction of sp³-hybridized carbons (Fsp3) is 0.444.